The number of rotatable bonds is 6. The summed E-state index contributed by atoms with van der Waals surface area (Å²) in [4.78, 5) is 29.2. The number of carbonyl (C=O) groups is 2. The average molecular weight is 452 g/mol. The Labute approximate surface area is 185 Å². The molecule has 0 spiro atoms. The predicted molar refractivity (Wildman–Crippen MR) is 117 cm³/mol. The van der Waals surface area contributed by atoms with Crippen molar-refractivity contribution < 1.29 is 22.7 Å². The average Bonchev–Trinajstić information content (AvgIpc) is 2.78. The lowest BCUT2D eigenvalue weighted by Gasteiger charge is -2.35. The molecule has 2 saturated heterocycles. The first-order valence-electron chi connectivity index (χ1n) is 11.0. The summed E-state index contributed by atoms with van der Waals surface area (Å²) >= 11 is 0. The van der Waals surface area contributed by atoms with E-state index in [0.717, 1.165) is 12.0 Å². The molecule has 2 heterocycles. The molecule has 0 bridgehead atoms. The van der Waals surface area contributed by atoms with E-state index in [1.807, 2.05) is 11.8 Å². The number of nitrogens with zero attached hydrogens (tertiary/aromatic N) is 3. The number of morpholine rings is 1. The zero-order valence-corrected chi connectivity index (χ0v) is 19.5. The number of piperazine rings is 1. The fourth-order valence-electron chi connectivity index (χ4n) is 3.83. The van der Waals surface area contributed by atoms with Gasteiger partial charge in [-0.25, -0.2) is 8.42 Å². The quantitative estimate of drug-likeness (QED) is 0.658. The Morgan fingerprint density at radius 2 is 1.61 bits per heavy atom. The summed E-state index contributed by atoms with van der Waals surface area (Å²) in [6.07, 6.45) is 1.40. The van der Waals surface area contributed by atoms with Crippen LogP contribution in [0.1, 0.15) is 42.6 Å². The number of sulfonamides is 1. The van der Waals surface area contributed by atoms with E-state index in [1.54, 1.807) is 17.0 Å². The third-order valence-electron chi connectivity index (χ3n) is 5.90. The molecular formula is C22H33N3O5S. The van der Waals surface area contributed by atoms with Crippen molar-refractivity contribution in [3.8, 4) is 0 Å². The maximum Gasteiger partial charge on any atom is 0.254 e. The van der Waals surface area contributed by atoms with Gasteiger partial charge in [-0.3, -0.25) is 9.59 Å². The van der Waals surface area contributed by atoms with Crippen LogP contribution in [0.15, 0.2) is 23.1 Å². The summed E-state index contributed by atoms with van der Waals surface area (Å²) in [7, 11) is -3.67. The molecule has 31 heavy (non-hydrogen) atoms. The Morgan fingerprint density at radius 3 is 2.23 bits per heavy atom. The number of amides is 2. The Hall–Kier alpha value is -1.97. The van der Waals surface area contributed by atoms with Gasteiger partial charge in [0.05, 0.1) is 18.1 Å². The van der Waals surface area contributed by atoms with Crippen LogP contribution in [-0.4, -0.2) is 86.8 Å². The van der Waals surface area contributed by atoms with Crippen LogP contribution >= 0.6 is 0 Å². The molecule has 2 amide bonds. The zero-order chi connectivity index (χ0) is 22.6. The topological polar surface area (TPSA) is 87.2 Å². The van der Waals surface area contributed by atoms with Gasteiger partial charge < -0.3 is 14.5 Å². The highest BCUT2D eigenvalue weighted by Crippen LogP contribution is 2.22. The van der Waals surface area contributed by atoms with Gasteiger partial charge in [0, 0.05) is 51.3 Å². The minimum absolute atomic E-state index is 0.130. The Balaban J connectivity index is 1.68. The summed E-state index contributed by atoms with van der Waals surface area (Å²) in [5.41, 5.74) is 1.13. The van der Waals surface area contributed by atoms with Crippen LogP contribution < -0.4 is 0 Å². The van der Waals surface area contributed by atoms with Gasteiger partial charge in [0.1, 0.15) is 0 Å². The van der Waals surface area contributed by atoms with E-state index in [-0.39, 0.29) is 16.7 Å². The molecule has 0 atom stereocenters. The van der Waals surface area contributed by atoms with E-state index in [9.17, 15) is 18.0 Å². The summed E-state index contributed by atoms with van der Waals surface area (Å²) in [5.74, 6) is 0.428. The lowest BCUT2D eigenvalue weighted by Crippen LogP contribution is -2.50. The maximum atomic E-state index is 13.2. The normalized spacial score (nSPS) is 18.5. The molecule has 0 saturated carbocycles. The van der Waals surface area contributed by atoms with Gasteiger partial charge >= 0.3 is 0 Å². The van der Waals surface area contributed by atoms with Crippen LogP contribution in [0.5, 0.6) is 0 Å². The Morgan fingerprint density at radius 1 is 1.00 bits per heavy atom. The fourth-order valence-corrected chi connectivity index (χ4v) is 5.26. The van der Waals surface area contributed by atoms with Crippen molar-refractivity contribution in [3.63, 3.8) is 0 Å². The molecule has 0 N–H and O–H groups in total. The molecule has 0 radical (unpaired) electrons. The number of ether oxygens (including phenoxy) is 1. The molecule has 0 unspecified atom stereocenters. The van der Waals surface area contributed by atoms with Gasteiger partial charge in [-0.1, -0.05) is 19.9 Å². The van der Waals surface area contributed by atoms with Crippen LogP contribution in [0, 0.1) is 12.8 Å². The van der Waals surface area contributed by atoms with Crippen molar-refractivity contribution >= 4 is 21.8 Å². The molecule has 2 aliphatic heterocycles. The highest BCUT2D eigenvalue weighted by molar-refractivity contribution is 7.89. The number of aryl methyl sites for hydroxylation is 1. The number of hydrogen-bond donors (Lipinski definition) is 0. The number of hydrogen-bond acceptors (Lipinski definition) is 5. The summed E-state index contributed by atoms with van der Waals surface area (Å²) < 4.78 is 32.6. The smallest absolute Gasteiger partial charge is 0.254 e. The van der Waals surface area contributed by atoms with Crippen molar-refractivity contribution in [2.75, 3.05) is 52.5 Å². The molecular weight excluding hydrogens is 418 g/mol. The molecule has 9 heteroatoms. The van der Waals surface area contributed by atoms with Crippen molar-refractivity contribution in [2.45, 2.75) is 38.5 Å². The van der Waals surface area contributed by atoms with Gasteiger partial charge in [0.15, 0.2) is 0 Å². The molecule has 0 aliphatic carbocycles. The predicted octanol–water partition coefficient (Wildman–Crippen LogP) is 1.74. The van der Waals surface area contributed by atoms with Gasteiger partial charge in [0.2, 0.25) is 15.9 Å². The van der Waals surface area contributed by atoms with Crippen LogP contribution in [0.4, 0.5) is 0 Å². The highest BCUT2D eigenvalue weighted by Gasteiger charge is 2.29. The molecule has 2 fully saturated rings. The lowest BCUT2D eigenvalue weighted by atomic mass is 10.1. The van der Waals surface area contributed by atoms with E-state index in [4.69, 9.17) is 4.74 Å². The van der Waals surface area contributed by atoms with E-state index in [2.05, 4.69) is 13.8 Å². The minimum Gasteiger partial charge on any atom is -0.379 e. The monoisotopic (exact) mass is 451 g/mol. The molecule has 0 aromatic heterocycles. The Kier molecular flexibility index (Phi) is 7.72. The zero-order valence-electron chi connectivity index (χ0n) is 18.7. The molecule has 2 aliphatic rings. The highest BCUT2D eigenvalue weighted by atomic mass is 32.2. The lowest BCUT2D eigenvalue weighted by molar-refractivity contribution is -0.132. The first kappa shape index (κ1) is 23.7. The van der Waals surface area contributed by atoms with Crippen LogP contribution in [0.25, 0.3) is 0 Å². The van der Waals surface area contributed by atoms with Crippen molar-refractivity contribution in [2.24, 2.45) is 5.92 Å². The first-order chi connectivity index (χ1) is 14.7. The Bertz CT molecular complexity index is 902. The van der Waals surface area contributed by atoms with E-state index in [0.29, 0.717) is 70.4 Å². The largest absolute Gasteiger partial charge is 0.379 e. The molecule has 1 aromatic carbocycles. The second kappa shape index (κ2) is 10.1. The summed E-state index contributed by atoms with van der Waals surface area (Å²) in [6, 6.07) is 4.73. The SMILES string of the molecule is Cc1ccc(S(=O)(=O)N2CCOCC2)cc1C(=O)N1CCN(C(=O)CCC(C)C)CC1. The number of carbonyl (C=O) groups excluding carboxylic acids is 2. The third-order valence-corrected chi connectivity index (χ3v) is 7.80. The number of benzene rings is 1. The van der Waals surface area contributed by atoms with Crippen LogP contribution in [0.3, 0.4) is 0 Å². The van der Waals surface area contributed by atoms with E-state index < -0.39 is 10.0 Å². The standard InChI is InChI=1S/C22H33N3O5S/c1-17(2)4-7-21(26)23-8-10-24(11-9-23)22(27)20-16-19(6-5-18(20)3)31(28,29)25-12-14-30-15-13-25/h5-6,16-17H,4,7-15H2,1-3H3. The van der Waals surface area contributed by atoms with Crippen molar-refractivity contribution in [1.29, 1.82) is 0 Å². The molecule has 1 aromatic rings. The third kappa shape index (κ3) is 5.64. The van der Waals surface area contributed by atoms with Gasteiger partial charge in [-0.2, -0.15) is 4.31 Å². The van der Waals surface area contributed by atoms with E-state index in [1.165, 1.54) is 10.4 Å². The summed E-state index contributed by atoms with van der Waals surface area (Å²) in [5, 5.41) is 0. The van der Waals surface area contributed by atoms with Crippen molar-refractivity contribution in [1.82, 2.24) is 14.1 Å². The van der Waals surface area contributed by atoms with Crippen LogP contribution in [0.2, 0.25) is 0 Å². The molecule has 8 nitrogen and oxygen atoms in total. The minimum atomic E-state index is -3.67. The molecule has 172 valence electrons. The second-order valence-corrected chi connectivity index (χ2v) is 10.5. The van der Waals surface area contributed by atoms with Gasteiger partial charge in [-0.05, 0) is 37.0 Å². The maximum absolute atomic E-state index is 13.2. The second-order valence-electron chi connectivity index (χ2n) is 8.60. The van der Waals surface area contributed by atoms with Gasteiger partial charge in [0.25, 0.3) is 5.91 Å². The first-order valence-corrected chi connectivity index (χ1v) is 12.4. The van der Waals surface area contributed by atoms with Gasteiger partial charge in [-0.15, -0.1) is 0 Å². The molecule has 3 rings (SSSR count). The van der Waals surface area contributed by atoms with Crippen LogP contribution in [-0.2, 0) is 19.6 Å². The fraction of sp³-hybridized carbons (Fsp3) is 0.636. The summed E-state index contributed by atoms with van der Waals surface area (Å²) in [6.45, 7) is 9.29. The van der Waals surface area contributed by atoms with E-state index >= 15 is 0 Å². The van der Waals surface area contributed by atoms with Crippen molar-refractivity contribution in [3.05, 3.63) is 29.3 Å².